The highest BCUT2D eigenvalue weighted by atomic mass is 16.5. The van der Waals surface area contributed by atoms with E-state index in [2.05, 4.69) is 4.90 Å². The lowest BCUT2D eigenvalue weighted by atomic mass is 10.2. The largest absolute Gasteiger partial charge is 0.368 e. The molecule has 2 fully saturated rings. The molecule has 0 aliphatic carbocycles. The molecule has 18 heavy (non-hydrogen) atoms. The van der Waals surface area contributed by atoms with Crippen molar-refractivity contribution < 1.29 is 14.3 Å². The minimum absolute atomic E-state index is 0.152. The number of Topliss-reactive ketones (excluding diaryl/α,β-unsaturated/α-hetero) is 1. The summed E-state index contributed by atoms with van der Waals surface area (Å²) in [7, 11) is 0. The van der Waals surface area contributed by atoms with Crippen LogP contribution in [-0.4, -0.2) is 66.9 Å². The second-order valence-corrected chi connectivity index (χ2v) is 5.12. The highest BCUT2D eigenvalue weighted by Gasteiger charge is 2.30. The topological polar surface area (TPSA) is 49.9 Å². The van der Waals surface area contributed by atoms with Crippen LogP contribution in [0.2, 0.25) is 0 Å². The number of ether oxygens (including phenoxy) is 1. The first-order valence-electron chi connectivity index (χ1n) is 6.79. The van der Waals surface area contributed by atoms with Crippen LogP contribution < -0.4 is 0 Å². The normalized spacial score (nSPS) is 25.4. The second kappa shape index (κ2) is 6.29. The molecular weight excluding hydrogens is 232 g/mol. The maximum absolute atomic E-state index is 12.1. The first-order chi connectivity index (χ1) is 8.66. The number of nitrogens with zero attached hydrogens (tertiary/aromatic N) is 2. The zero-order chi connectivity index (χ0) is 13.0. The van der Waals surface area contributed by atoms with Gasteiger partial charge in [-0.2, -0.15) is 0 Å². The average molecular weight is 254 g/mol. The Kier molecular flexibility index (Phi) is 4.72. The molecule has 2 aliphatic heterocycles. The third kappa shape index (κ3) is 3.53. The quantitative estimate of drug-likeness (QED) is 0.723. The lowest BCUT2D eigenvalue weighted by molar-refractivity contribution is -0.142. The molecule has 0 N–H and O–H groups in total. The summed E-state index contributed by atoms with van der Waals surface area (Å²) in [6, 6.07) is 0. The molecule has 1 atom stereocenters. The van der Waals surface area contributed by atoms with Gasteiger partial charge >= 0.3 is 0 Å². The van der Waals surface area contributed by atoms with Crippen molar-refractivity contribution in [3.63, 3.8) is 0 Å². The molecule has 1 unspecified atom stereocenters. The SMILES string of the molecule is CC(=O)CCN1CCN(C(=O)C2CCCO2)CC1. The number of carbonyl (C=O) groups excluding carboxylic acids is 2. The highest BCUT2D eigenvalue weighted by Crippen LogP contribution is 2.16. The smallest absolute Gasteiger partial charge is 0.251 e. The molecule has 0 bridgehead atoms. The summed E-state index contributed by atoms with van der Waals surface area (Å²) in [5.74, 6) is 0.381. The van der Waals surface area contributed by atoms with Crippen LogP contribution in [0.5, 0.6) is 0 Å². The van der Waals surface area contributed by atoms with E-state index < -0.39 is 0 Å². The van der Waals surface area contributed by atoms with Crippen molar-refractivity contribution in [2.24, 2.45) is 0 Å². The third-order valence-electron chi connectivity index (χ3n) is 3.67. The summed E-state index contributed by atoms with van der Waals surface area (Å²) in [4.78, 5) is 27.2. The highest BCUT2D eigenvalue weighted by molar-refractivity contribution is 5.81. The molecule has 0 aromatic rings. The summed E-state index contributed by atoms with van der Waals surface area (Å²) in [5.41, 5.74) is 0. The Morgan fingerprint density at radius 1 is 1.22 bits per heavy atom. The molecule has 0 saturated carbocycles. The fraction of sp³-hybridized carbons (Fsp3) is 0.846. The number of piperazine rings is 1. The Labute approximate surface area is 108 Å². The molecule has 0 aromatic carbocycles. The first-order valence-corrected chi connectivity index (χ1v) is 6.79. The standard InChI is InChI=1S/C13H22N2O3/c1-11(16)4-5-14-6-8-15(9-7-14)13(17)12-3-2-10-18-12/h12H,2-10H2,1H3. The summed E-state index contributed by atoms with van der Waals surface area (Å²) < 4.78 is 5.42. The van der Waals surface area contributed by atoms with Crippen LogP contribution in [0, 0.1) is 0 Å². The van der Waals surface area contributed by atoms with Crippen molar-refractivity contribution >= 4 is 11.7 Å². The molecule has 2 saturated heterocycles. The number of hydrogen-bond donors (Lipinski definition) is 0. The minimum Gasteiger partial charge on any atom is -0.368 e. The maximum atomic E-state index is 12.1. The van der Waals surface area contributed by atoms with E-state index in [0.29, 0.717) is 6.42 Å². The number of hydrogen-bond acceptors (Lipinski definition) is 4. The van der Waals surface area contributed by atoms with Gasteiger partial charge in [0, 0.05) is 45.8 Å². The van der Waals surface area contributed by atoms with E-state index >= 15 is 0 Å². The first kappa shape index (κ1) is 13.5. The maximum Gasteiger partial charge on any atom is 0.251 e. The second-order valence-electron chi connectivity index (χ2n) is 5.12. The van der Waals surface area contributed by atoms with E-state index in [-0.39, 0.29) is 17.8 Å². The molecule has 2 rings (SSSR count). The van der Waals surface area contributed by atoms with E-state index in [0.717, 1.165) is 52.2 Å². The fourth-order valence-corrected chi connectivity index (χ4v) is 2.48. The van der Waals surface area contributed by atoms with E-state index in [4.69, 9.17) is 4.74 Å². The van der Waals surface area contributed by atoms with Gasteiger partial charge in [0.1, 0.15) is 11.9 Å². The monoisotopic (exact) mass is 254 g/mol. The average Bonchev–Trinajstić information content (AvgIpc) is 2.90. The summed E-state index contributed by atoms with van der Waals surface area (Å²) in [6.45, 7) is 6.41. The molecule has 5 nitrogen and oxygen atoms in total. The van der Waals surface area contributed by atoms with Gasteiger partial charge in [0.15, 0.2) is 0 Å². The van der Waals surface area contributed by atoms with Gasteiger partial charge in [0.25, 0.3) is 5.91 Å². The van der Waals surface area contributed by atoms with Crippen molar-refractivity contribution in [1.29, 1.82) is 0 Å². The van der Waals surface area contributed by atoms with Crippen molar-refractivity contribution in [1.82, 2.24) is 9.80 Å². The van der Waals surface area contributed by atoms with Gasteiger partial charge < -0.3 is 9.64 Å². The summed E-state index contributed by atoms with van der Waals surface area (Å²) in [6.07, 6.45) is 2.27. The Hall–Kier alpha value is -0.940. The van der Waals surface area contributed by atoms with Crippen LogP contribution in [0.4, 0.5) is 0 Å². The van der Waals surface area contributed by atoms with E-state index in [1.165, 1.54) is 0 Å². The predicted octanol–water partition coefficient (Wildman–Crippen LogP) is 0.289. The van der Waals surface area contributed by atoms with Gasteiger partial charge in [-0.3, -0.25) is 14.5 Å². The zero-order valence-corrected chi connectivity index (χ0v) is 11.1. The van der Waals surface area contributed by atoms with Gasteiger partial charge in [-0.1, -0.05) is 0 Å². The van der Waals surface area contributed by atoms with E-state index in [1.54, 1.807) is 6.92 Å². The van der Waals surface area contributed by atoms with E-state index in [9.17, 15) is 9.59 Å². The molecule has 102 valence electrons. The summed E-state index contributed by atoms with van der Waals surface area (Å²) in [5, 5.41) is 0. The third-order valence-corrected chi connectivity index (χ3v) is 3.67. The predicted molar refractivity (Wildman–Crippen MR) is 67.3 cm³/mol. The molecule has 2 aliphatic rings. The molecule has 5 heteroatoms. The van der Waals surface area contributed by atoms with Crippen LogP contribution in [0.15, 0.2) is 0 Å². The molecule has 0 radical (unpaired) electrons. The van der Waals surface area contributed by atoms with Crippen LogP contribution in [0.3, 0.4) is 0 Å². The molecule has 0 aromatic heterocycles. The van der Waals surface area contributed by atoms with Gasteiger partial charge in [-0.25, -0.2) is 0 Å². The fourth-order valence-electron chi connectivity index (χ4n) is 2.48. The Morgan fingerprint density at radius 3 is 2.50 bits per heavy atom. The van der Waals surface area contributed by atoms with Crippen LogP contribution in [0.25, 0.3) is 0 Å². The number of amides is 1. The molecule has 1 amide bonds. The van der Waals surface area contributed by atoms with Crippen LogP contribution in [0.1, 0.15) is 26.2 Å². The van der Waals surface area contributed by atoms with E-state index in [1.807, 2.05) is 4.90 Å². The zero-order valence-electron chi connectivity index (χ0n) is 11.1. The van der Waals surface area contributed by atoms with Gasteiger partial charge in [-0.15, -0.1) is 0 Å². The lowest BCUT2D eigenvalue weighted by Crippen LogP contribution is -2.51. The number of carbonyl (C=O) groups is 2. The van der Waals surface area contributed by atoms with Gasteiger partial charge in [0.05, 0.1) is 0 Å². The van der Waals surface area contributed by atoms with Gasteiger partial charge in [0.2, 0.25) is 0 Å². The van der Waals surface area contributed by atoms with Crippen LogP contribution >= 0.6 is 0 Å². The lowest BCUT2D eigenvalue weighted by Gasteiger charge is -2.35. The summed E-state index contributed by atoms with van der Waals surface area (Å²) >= 11 is 0. The number of ketones is 1. The van der Waals surface area contributed by atoms with Crippen molar-refractivity contribution in [2.75, 3.05) is 39.3 Å². The van der Waals surface area contributed by atoms with Gasteiger partial charge in [-0.05, 0) is 19.8 Å². The van der Waals surface area contributed by atoms with Crippen molar-refractivity contribution in [3.8, 4) is 0 Å². The Balaban J connectivity index is 1.72. The van der Waals surface area contributed by atoms with Crippen LogP contribution in [-0.2, 0) is 14.3 Å². The molecule has 2 heterocycles. The minimum atomic E-state index is -0.200. The Bertz CT molecular complexity index is 305. The molecule has 0 spiro atoms. The molecular formula is C13H22N2O3. The van der Waals surface area contributed by atoms with Crippen molar-refractivity contribution in [3.05, 3.63) is 0 Å². The number of rotatable bonds is 4. The Morgan fingerprint density at radius 2 is 1.94 bits per heavy atom. The van der Waals surface area contributed by atoms with Crippen molar-refractivity contribution in [2.45, 2.75) is 32.3 Å².